The van der Waals surface area contributed by atoms with E-state index in [0.29, 0.717) is 29.3 Å². The number of nitrogens with one attached hydrogen (secondary N) is 1. The Balaban J connectivity index is 1.39. The lowest BCUT2D eigenvalue weighted by molar-refractivity contribution is -0.126. The predicted octanol–water partition coefficient (Wildman–Crippen LogP) is 3.13. The molecule has 0 bridgehead atoms. The van der Waals surface area contributed by atoms with Crippen molar-refractivity contribution in [3.63, 3.8) is 0 Å². The molecule has 3 aromatic heterocycles. The van der Waals surface area contributed by atoms with Crippen molar-refractivity contribution in [3.05, 3.63) is 35.2 Å². The molecule has 0 amide bonds. The molecule has 4 rings (SSSR count). The van der Waals surface area contributed by atoms with E-state index in [0.717, 1.165) is 55.1 Å². The van der Waals surface area contributed by atoms with Gasteiger partial charge >= 0.3 is 6.18 Å². The predicted molar refractivity (Wildman–Crippen MR) is 113 cm³/mol. The van der Waals surface area contributed by atoms with Crippen LogP contribution in [0.5, 0.6) is 0 Å². The van der Waals surface area contributed by atoms with Crippen LogP contribution in [0.25, 0.3) is 10.2 Å². The van der Waals surface area contributed by atoms with Crippen molar-refractivity contribution in [1.82, 2.24) is 25.1 Å². The molecule has 0 aromatic carbocycles. The molecule has 0 spiro atoms. The van der Waals surface area contributed by atoms with E-state index in [1.54, 1.807) is 16.9 Å². The third-order valence-corrected chi connectivity index (χ3v) is 6.42. The van der Waals surface area contributed by atoms with E-state index in [1.165, 1.54) is 6.33 Å². The Morgan fingerprint density at radius 3 is 2.90 bits per heavy atom. The number of aromatic nitrogens is 4. The van der Waals surface area contributed by atoms with Gasteiger partial charge in [-0.1, -0.05) is 0 Å². The van der Waals surface area contributed by atoms with Crippen LogP contribution in [0.4, 0.5) is 19.0 Å². The first-order chi connectivity index (χ1) is 14.9. The van der Waals surface area contributed by atoms with Crippen molar-refractivity contribution in [1.29, 1.82) is 0 Å². The molecule has 1 aliphatic rings. The minimum absolute atomic E-state index is 0.0607. The number of aliphatic hydroxyl groups excluding tert-OH is 1. The zero-order valence-electron chi connectivity index (χ0n) is 17.0. The highest BCUT2D eigenvalue weighted by Gasteiger charge is 2.29. The molecule has 1 saturated heterocycles. The van der Waals surface area contributed by atoms with Gasteiger partial charge in [0, 0.05) is 42.3 Å². The maximum atomic E-state index is 12.8. The van der Waals surface area contributed by atoms with Crippen LogP contribution in [0.1, 0.15) is 29.7 Å². The van der Waals surface area contributed by atoms with Crippen molar-refractivity contribution < 1.29 is 18.3 Å². The van der Waals surface area contributed by atoms with E-state index in [-0.39, 0.29) is 11.5 Å². The average Bonchev–Trinajstić information content (AvgIpc) is 3.25. The zero-order chi connectivity index (χ0) is 21.8. The Morgan fingerprint density at radius 1 is 1.23 bits per heavy atom. The summed E-state index contributed by atoms with van der Waals surface area (Å²) in [6, 6.07) is 1.93. The summed E-state index contributed by atoms with van der Waals surface area (Å²) in [5, 5.41) is 17.5. The molecule has 31 heavy (non-hydrogen) atoms. The number of aliphatic hydroxyl groups is 1. The first kappa shape index (κ1) is 22.0. The minimum atomic E-state index is -4.23. The average molecular weight is 455 g/mol. The topological polar surface area (TPSA) is 79.1 Å². The van der Waals surface area contributed by atoms with Gasteiger partial charge < -0.3 is 15.3 Å². The van der Waals surface area contributed by atoms with Crippen LogP contribution < -0.4 is 10.2 Å². The highest BCUT2D eigenvalue weighted by molar-refractivity contribution is 7.18. The smallest absolute Gasteiger partial charge is 0.393 e. The molecule has 4 heterocycles. The van der Waals surface area contributed by atoms with E-state index in [2.05, 4.69) is 25.3 Å². The number of nitrogens with zero attached hydrogens (tertiary/aromatic N) is 5. The zero-order valence-corrected chi connectivity index (χ0v) is 17.8. The fourth-order valence-electron chi connectivity index (χ4n) is 3.93. The van der Waals surface area contributed by atoms with Gasteiger partial charge in [0.05, 0.1) is 31.2 Å². The van der Waals surface area contributed by atoms with Gasteiger partial charge in [0.25, 0.3) is 0 Å². The van der Waals surface area contributed by atoms with Gasteiger partial charge in [-0.25, -0.2) is 9.97 Å². The first-order valence-corrected chi connectivity index (χ1v) is 11.1. The Morgan fingerprint density at radius 2 is 2.10 bits per heavy atom. The number of anilines is 1. The highest BCUT2D eigenvalue weighted by Crippen LogP contribution is 2.34. The van der Waals surface area contributed by atoms with Gasteiger partial charge in [-0.3, -0.25) is 4.68 Å². The maximum absolute atomic E-state index is 12.8. The molecular formula is C20H25F3N6OS. The monoisotopic (exact) mass is 454 g/mol. The van der Waals surface area contributed by atoms with Crippen LogP contribution in [-0.4, -0.2) is 56.8 Å². The van der Waals surface area contributed by atoms with Gasteiger partial charge in [0.15, 0.2) is 0 Å². The van der Waals surface area contributed by atoms with Crippen LogP contribution >= 0.6 is 11.3 Å². The first-order valence-electron chi connectivity index (χ1n) is 10.3. The SMILES string of the molecule is OCCn1cc(CN[C@@H]2CCCN(c3ncnc4sc(CC(F)(F)F)cc34)CC2)cn1. The number of fused-ring (bicyclic) bond motifs is 1. The molecule has 7 nitrogen and oxygen atoms in total. The minimum Gasteiger partial charge on any atom is -0.394 e. The molecule has 0 radical (unpaired) electrons. The van der Waals surface area contributed by atoms with Gasteiger partial charge in [0.2, 0.25) is 0 Å². The van der Waals surface area contributed by atoms with E-state index >= 15 is 0 Å². The summed E-state index contributed by atoms with van der Waals surface area (Å²) in [5.41, 5.74) is 1.07. The quantitative estimate of drug-likeness (QED) is 0.571. The number of thiophene rings is 1. The molecule has 3 aromatic rings. The fourth-order valence-corrected chi connectivity index (χ4v) is 4.95. The Bertz CT molecular complexity index is 1000. The molecule has 2 N–H and O–H groups in total. The molecular weight excluding hydrogens is 429 g/mol. The molecule has 1 fully saturated rings. The number of hydrogen-bond acceptors (Lipinski definition) is 7. The largest absolute Gasteiger partial charge is 0.394 e. The summed E-state index contributed by atoms with van der Waals surface area (Å²) >= 11 is 1.09. The molecule has 0 saturated carbocycles. The van der Waals surface area contributed by atoms with Gasteiger partial charge in [-0.15, -0.1) is 11.3 Å². The summed E-state index contributed by atoms with van der Waals surface area (Å²) in [5.74, 6) is 0.723. The second kappa shape index (κ2) is 9.49. The lowest BCUT2D eigenvalue weighted by atomic mass is 10.1. The summed E-state index contributed by atoms with van der Waals surface area (Å²) in [6.45, 7) is 2.84. The summed E-state index contributed by atoms with van der Waals surface area (Å²) in [4.78, 5) is 11.6. The van der Waals surface area contributed by atoms with Crippen molar-refractivity contribution >= 4 is 27.4 Å². The third-order valence-electron chi connectivity index (χ3n) is 5.37. The van der Waals surface area contributed by atoms with Crippen LogP contribution in [-0.2, 0) is 19.5 Å². The molecule has 0 aliphatic carbocycles. The Kier molecular flexibility index (Phi) is 6.73. The van der Waals surface area contributed by atoms with Gasteiger partial charge in [0.1, 0.15) is 17.0 Å². The summed E-state index contributed by atoms with van der Waals surface area (Å²) in [7, 11) is 0. The van der Waals surface area contributed by atoms with Crippen LogP contribution in [0.15, 0.2) is 24.8 Å². The second-order valence-corrected chi connectivity index (χ2v) is 8.87. The summed E-state index contributed by atoms with van der Waals surface area (Å²) < 4.78 is 40.1. The molecule has 1 aliphatic heterocycles. The number of hydrogen-bond donors (Lipinski definition) is 2. The molecule has 1 atom stereocenters. The van der Waals surface area contributed by atoms with Gasteiger partial charge in [-0.05, 0) is 25.3 Å². The van der Waals surface area contributed by atoms with E-state index in [9.17, 15) is 13.2 Å². The van der Waals surface area contributed by atoms with Crippen molar-refractivity contribution in [2.45, 2.75) is 51.0 Å². The second-order valence-electron chi connectivity index (χ2n) is 7.75. The molecule has 11 heteroatoms. The normalized spacial score (nSPS) is 17.9. The van der Waals surface area contributed by atoms with Crippen LogP contribution in [0.3, 0.4) is 0 Å². The number of halogens is 3. The Hall–Kier alpha value is -2.24. The lowest BCUT2D eigenvalue weighted by Crippen LogP contribution is -2.30. The number of rotatable bonds is 7. The molecule has 168 valence electrons. The van der Waals surface area contributed by atoms with Crippen LogP contribution in [0, 0.1) is 0 Å². The Labute approximate surface area is 181 Å². The number of alkyl halides is 3. The van der Waals surface area contributed by atoms with Gasteiger partial charge in [-0.2, -0.15) is 18.3 Å². The highest BCUT2D eigenvalue weighted by atomic mass is 32.1. The molecule has 0 unspecified atom stereocenters. The van der Waals surface area contributed by atoms with Crippen molar-refractivity contribution in [2.75, 3.05) is 24.6 Å². The van der Waals surface area contributed by atoms with Crippen molar-refractivity contribution in [2.24, 2.45) is 0 Å². The van der Waals surface area contributed by atoms with E-state index < -0.39 is 12.6 Å². The van der Waals surface area contributed by atoms with E-state index in [1.807, 2.05) is 6.20 Å². The lowest BCUT2D eigenvalue weighted by Gasteiger charge is -2.22. The summed E-state index contributed by atoms with van der Waals surface area (Å²) in [6.07, 6.45) is 2.90. The fraction of sp³-hybridized carbons (Fsp3) is 0.550. The van der Waals surface area contributed by atoms with Crippen LogP contribution in [0.2, 0.25) is 0 Å². The van der Waals surface area contributed by atoms with E-state index in [4.69, 9.17) is 5.11 Å². The van der Waals surface area contributed by atoms with Crippen molar-refractivity contribution in [3.8, 4) is 0 Å². The standard InChI is InChI=1S/C20H25F3N6OS/c21-20(22,23)9-16-8-17-18(25-13-26-19(17)31-16)28-4-1-2-15(3-5-28)24-10-14-11-27-29(12-14)6-7-30/h8,11-13,15,24,30H,1-7,9-10H2/t15-/m1/s1. The third kappa shape index (κ3) is 5.72. The maximum Gasteiger partial charge on any atom is 0.393 e.